The van der Waals surface area contributed by atoms with Crippen molar-refractivity contribution in [2.75, 3.05) is 20.1 Å². The molecule has 1 saturated heterocycles. The van der Waals surface area contributed by atoms with Gasteiger partial charge in [-0.05, 0) is 31.9 Å². The van der Waals surface area contributed by atoms with Gasteiger partial charge in [-0.2, -0.15) is 9.40 Å². The second kappa shape index (κ2) is 8.52. The number of hydrogen-bond donors (Lipinski definition) is 0. The zero-order valence-corrected chi connectivity index (χ0v) is 18.0. The third-order valence-electron chi connectivity index (χ3n) is 5.61. The zero-order valence-electron chi connectivity index (χ0n) is 17.2. The maximum absolute atomic E-state index is 12.8. The van der Waals surface area contributed by atoms with Crippen molar-refractivity contribution in [3.63, 3.8) is 0 Å². The number of piperidine rings is 1. The van der Waals surface area contributed by atoms with Crippen molar-refractivity contribution in [3.05, 3.63) is 51.8 Å². The van der Waals surface area contributed by atoms with E-state index in [2.05, 4.69) is 5.10 Å². The number of nitro groups is 1. The number of nitrogens with zero attached hydrogens (tertiary/aromatic N) is 5. The van der Waals surface area contributed by atoms with Crippen LogP contribution in [0.3, 0.4) is 0 Å². The van der Waals surface area contributed by atoms with Crippen LogP contribution in [0.5, 0.6) is 0 Å². The second-order valence-corrected chi connectivity index (χ2v) is 9.44. The fourth-order valence-electron chi connectivity index (χ4n) is 3.58. The Labute approximate surface area is 175 Å². The normalized spacial score (nSPS) is 15.8. The molecule has 0 N–H and O–H groups in total. The maximum Gasteiger partial charge on any atom is 0.269 e. The van der Waals surface area contributed by atoms with Gasteiger partial charge in [0, 0.05) is 63.0 Å². The lowest BCUT2D eigenvalue weighted by molar-refractivity contribution is -0.384. The van der Waals surface area contributed by atoms with Crippen molar-refractivity contribution < 1.29 is 18.1 Å². The number of nitro benzene ring substituents is 1. The number of rotatable bonds is 6. The van der Waals surface area contributed by atoms with Crippen LogP contribution in [0.2, 0.25) is 0 Å². The summed E-state index contributed by atoms with van der Waals surface area (Å²) in [5.74, 6) is -0.249. The van der Waals surface area contributed by atoms with Gasteiger partial charge in [0.25, 0.3) is 5.69 Å². The van der Waals surface area contributed by atoms with Crippen molar-refractivity contribution >= 4 is 21.6 Å². The summed E-state index contributed by atoms with van der Waals surface area (Å²) in [6.45, 7) is 2.87. The minimum absolute atomic E-state index is 0.00867. The molecule has 1 aliphatic heterocycles. The largest absolute Gasteiger partial charge is 0.341 e. The van der Waals surface area contributed by atoms with E-state index in [4.69, 9.17) is 0 Å². The summed E-state index contributed by atoms with van der Waals surface area (Å²) in [5, 5.41) is 14.9. The predicted octanol–water partition coefficient (Wildman–Crippen LogP) is 1.70. The molecule has 0 radical (unpaired) electrons. The highest BCUT2D eigenvalue weighted by molar-refractivity contribution is 7.89. The average Bonchev–Trinajstić information content (AvgIpc) is 3.05. The van der Waals surface area contributed by atoms with E-state index in [-0.39, 0.29) is 35.5 Å². The highest BCUT2D eigenvalue weighted by Crippen LogP contribution is 2.26. The van der Waals surface area contributed by atoms with Crippen LogP contribution in [0.15, 0.2) is 35.4 Å². The van der Waals surface area contributed by atoms with Crippen LogP contribution in [0, 0.1) is 23.0 Å². The van der Waals surface area contributed by atoms with Crippen LogP contribution in [0.4, 0.5) is 5.69 Å². The van der Waals surface area contributed by atoms with Gasteiger partial charge in [0.15, 0.2) is 0 Å². The first kappa shape index (κ1) is 21.9. The lowest BCUT2D eigenvalue weighted by Gasteiger charge is -2.32. The van der Waals surface area contributed by atoms with Crippen LogP contribution in [0.1, 0.15) is 24.1 Å². The molecule has 1 fully saturated rings. The fraction of sp³-hybridized carbons (Fsp3) is 0.474. The monoisotopic (exact) mass is 435 g/mol. The number of aromatic nitrogens is 2. The minimum Gasteiger partial charge on any atom is -0.341 e. The summed E-state index contributed by atoms with van der Waals surface area (Å²) in [6.07, 6.45) is 2.61. The first-order valence-corrected chi connectivity index (χ1v) is 11.0. The number of hydrogen-bond acceptors (Lipinski definition) is 6. The molecular weight excluding hydrogens is 410 g/mol. The van der Waals surface area contributed by atoms with Crippen LogP contribution in [0.25, 0.3) is 0 Å². The quantitative estimate of drug-likeness (QED) is 0.503. The van der Waals surface area contributed by atoms with E-state index in [0.29, 0.717) is 19.4 Å². The van der Waals surface area contributed by atoms with E-state index in [0.717, 1.165) is 11.3 Å². The van der Waals surface area contributed by atoms with Gasteiger partial charge in [-0.1, -0.05) is 0 Å². The van der Waals surface area contributed by atoms with E-state index in [9.17, 15) is 23.3 Å². The number of carbonyl (C=O) groups excluding carboxylic acids is 1. The Hall–Kier alpha value is -2.79. The Kier molecular flexibility index (Phi) is 6.22. The molecule has 30 heavy (non-hydrogen) atoms. The molecule has 0 aliphatic carbocycles. The molecule has 1 aromatic heterocycles. The van der Waals surface area contributed by atoms with Crippen molar-refractivity contribution in [2.45, 2.75) is 31.2 Å². The molecule has 0 unspecified atom stereocenters. The van der Waals surface area contributed by atoms with Crippen molar-refractivity contribution in [3.8, 4) is 0 Å². The molecular formula is C19H25N5O5S. The highest BCUT2D eigenvalue weighted by atomic mass is 32.2. The summed E-state index contributed by atoms with van der Waals surface area (Å²) in [6, 6.07) is 4.85. The molecule has 2 heterocycles. The van der Waals surface area contributed by atoms with E-state index in [1.54, 1.807) is 22.8 Å². The van der Waals surface area contributed by atoms with Crippen LogP contribution >= 0.6 is 0 Å². The van der Waals surface area contributed by atoms with E-state index >= 15 is 0 Å². The van der Waals surface area contributed by atoms with Gasteiger partial charge in [0.2, 0.25) is 15.9 Å². The standard InChI is InChI=1S/C19H25N5O5S/c1-14-16(12-20-22(14)3)13-21(2)19(25)15-8-10-23(11-9-15)30(28,29)18-6-4-17(5-7-18)24(26)27/h4-7,12,15H,8-11,13H2,1-3H3. The second-order valence-electron chi connectivity index (χ2n) is 7.50. The van der Waals surface area contributed by atoms with Crippen LogP contribution in [-0.2, 0) is 28.4 Å². The van der Waals surface area contributed by atoms with E-state index in [1.165, 1.54) is 28.6 Å². The number of benzene rings is 1. The van der Waals surface area contributed by atoms with Crippen molar-refractivity contribution in [1.82, 2.24) is 19.0 Å². The molecule has 0 saturated carbocycles. The molecule has 1 amide bonds. The lowest BCUT2D eigenvalue weighted by atomic mass is 9.96. The smallest absolute Gasteiger partial charge is 0.269 e. The summed E-state index contributed by atoms with van der Waals surface area (Å²) >= 11 is 0. The summed E-state index contributed by atoms with van der Waals surface area (Å²) in [5.41, 5.74) is 1.82. The van der Waals surface area contributed by atoms with Gasteiger partial charge < -0.3 is 4.90 Å². The SMILES string of the molecule is Cc1c(CN(C)C(=O)C2CCN(S(=O)(=O)c3ccc([N+](=O)[O-])cc3)CC2)cnn1C. The molecule has 1 aromatic carbocycles. The molecule has 0 atom stereocenters. The Bertz CT molecular complexity index is 1040. The van der Waals surface area contributed by atoms with Crippen molar-refractivity contribution in [1.29, 1.82) is 0 Å². The molecule has 11 heteroatoms. The van der Waals surface area contributed by atoms with Crippen molar-refractivity contribution in [2.24, 2.45) is 13.0 Å². The Morgan fingerprint density at radius 3 is 2.37 bits per heavy atom. The van der Waals surface area contributed by atoms with Gasteiger partial charge in [-0.15, -0.1) is 0 Å². The number of non-ortho nitro benzene ring substituents is 1. The number of carbonyl (C=O) groups is 1. The molecule has 3 rings (SSSR count). The van der Waals surface area contributed by atoms with Gasteiger partial charge >= 0.3 is 0 Å². The maximum atomic E-state index is 12.8. The van der Waals surface area contributed by atoms with Gasteiger partial charge in [-0.3, -0.25) is 19.6 Å². The topological polar surface area (TPSA) is 119 Å². The first-order chi connectivity index (χ1) is 14.1. The summed E-state index contributed by atoms with van der Waals surface area (Å²) in [7, 11) is -0.157. The van der Waals surface area contributed by atoms with E-state index < -0.39 is 14.9 Å². The summed E-state index contributed by atoms with van der Waals surface area (Å²) in [4.78, 5) is 24.7. The number of amides is 1. The third kappa shape index (κ3) is 4.36. The molecule has 0 bridgehead atoms. The average molecular weight is 436 g/mol. The fourth-order valence-corrected chi connectivity index (χ4v) is 5.05. The minimum atomic E-state index is -3.75. The number of sulfonamides is 1. The zero-order chi connectivity index (χ0) is 22.1. The first-order valence-electron chi connectivity index (χ1n) is 9.58. The molecule has 1 aliphatic rings. The molecule has 0 spiro atoms. The Morgan fingerprint density at radius 1 is 1.27 bits per heavy atom. The Balaban J connectivity index is 1.61. The van der Waals surface area contributed by atoms with Gasteiger partial charge in [-0.25, -0.2) is 8.42 Å². The lowest BCUT2D eigenvalue weighted by Crippen LogP contribution is -2.43. The van der Waals surface area contributed by atoms with E-state index in [1.807, 2.05) is 14.0 Å². The highest BCUT2D eigenvalue weighted by Gasteiger charge is 2.33. The van der Waals surface area contributed by atoms with Gasteiger partial charge in [0.05, 0.1) is 16.0 Å². The predicted molar refractivity (Wildman–Crippen MR) is 109 cm³/mol. The number of aryl methyl sites for hydroxylation is 1. The Morgan fingerprint density at radius 2 is 1.87 bits per heavy atom. The molecule has 162 valence electrons. The summed E-state index contributed by atoms with van der Waals surface area (Å²) < 4.78 is 28.7. The van der Waals surface area contributed by atoms with Crippen LogP contribution in [-0.4, -0.2) is 58.4 Å². The molecule has 10 nitrogen and oxygen atoms in total. The van der Waals surface area contributed by atoms with Gasteiger partial charge in [0.1, 0.15) is 0 Å². The third-order valence-corrected chi connectivity index (χ3v) is 7.52. The molecule has 2 aromatic rings. The van der Waals surface area contributed by atoms with Crippen LogP contribution < -0.4 is 0 Å².